The molecule has 0 saturated heterocycles. The van der Waals surface area contributed by atoms with Gasteiger partial charge in [-0.25, -0.2) is 23.0 Å². The maximum atomic E-state index is 14.0. The average Bonchev–Trinajstić information content (AvgIpc) is 2.44. The van der Waals surface area contributed by atoms with E-state index in [2.05, 4.69) is 5.43 Å². The van der Waals surface area contributed by atoms with Crippen LogP contribution in [0.2, 0.25) is 0 Å². The lowest BCUT2D eigenvalue weighted by Gasteiger charge is -2.19. The molecule has 0 amide bonds. The van der Waals surface area contributed by atoms with E-state index in [1.807, 2.05) is 0 Å². The van der Waals surface area contributed by atoms with E-state index < -0.39 is 29.3 Å². The third kappa shape index (κ3) is 2.77. The summed E-state index contributed by atoms with van der Waals surface area (Å²) in [4.78, 5) is 0. The predicted octanol–water partition coefficient (Wildman–Crippen LogP) is 3.41. The first-order chi connectivity index (χ1) is 9.86. The van der Waals surface area contributed by atoms with Crippen LogP contribution in [0.25, 0.3) is 0 Å². The minimum absolute atomic E-state index is 0.0569. The lowest BCUT2D eigenvalue weighted by Crippen LogP contribution is -2.30. The Morgan fingerprint density at radius 2 is 1.52 bits per heavy atom. The second-order valence-electron chi connectivity index (χ2n) is 4.82. The van der Waals surface area contributed by atoms with Crippen LogP contribution in [0.1, 0.15) is 28.3 Å². The Labute approximate surface area is 119 Å². The molecule has 1 atom stereocenters. The lowest BCUT2D eigenvalue weighted by molar-refractivity contribution is 0.472. The maximum Gasteiger partial charge on any atom is 0.164 e. The second-order valence-corrected chi connectivity index (χ2v) is 4.82. The van der Waals surface area contributed by atoms with Crippen molar-refractivity contribution in [3.8, 4) is 0 Å². The molecule has 1 unspecified atom stereocenters. The van der Waals surface area contributed by atoms with Crippen LogP contribution in [-0.2, 0) is 0 Å². The van der Waals surface area contributed by atoms with Crippen molar-refractivity contribution >= 4 is 0 Å². The van der Waals surface area contributed by atoms with E-state index in [-0.39, 0.29) is 22.3 Å². The van der Waals surface area contributed by atoms with E-state index in [1.165, 1.54) is 32.0 Å². The molecule has 0 aliphatic rings. The normalized spacial score (nSPS) is 12.5. The Morgan fingerprint density at radius 1 is 0.857 bits per heavy atom. The summed E-state index contributed by atoms with van der Waals surface area (Å²) >= 11 is 0. The average molecular weight is 298 g/mol. The van der Waals surface area contributed by atoms with Gasteiger partial charge < -0.3 is 0 Å². The predicted molar refractivity (Wildman–Crippen MR) is 71.4 cm³/mol. The van der Waals surface area contributed by atoms with E-state index >= 15 is 0 Å². The number of halogens is 4. The third-order valence-electron chi connectivity index (χ3n) is 3.37. The number of rotatable bonds is 3. The number of hydrazine groups is 1. The highest BCUT2D eigenvalue weighted by Crippen LogP contribution is 2.29. The summed E-state index contributed by atoms with van der Waals surface area (Å²) in [6.07, 6.45) is 0. The van der Waals surface area contributed by atoms with Gasteiger partial charge in [-0.15, -0.1) is 0 Å². The number of hydrogen-bond acceptors (Lipinski definition) is 2. The first-order valence-corrected chi connectivity index (χ1v) is 6.23. The van der Waals surface area contributed by atoms with E-state index in [1.54, 1.807) is 0 Å². The molecule has 0 aliphatic heterocycles. The SMILES string of the molecule is Cc1cc(C(NN)c2ccc(C)c(F)c2F)c(F)cc1F. The van der Waals surface area contributed by atoms with E-state index in [9.17, 15) is 17.6 Å². The number of nitrogens with one attached hydrogen (secondary N) is 1. The molecule has 0 spiro atoms. The van der Waals surface area contributed by atoms with Gasteiger partial charge in [0.2, 0.25) is 0 Å². The molecule has 0 aromatic heterocycles. The maximum absolute atomic E-state index is 14.0. The van der Waals surface area contributed by atoms with Gasteiger partial charge in [-0.05, 0) is 31.0 Å². The Morgan fingerprint density at radius 3 is 2.14 bits per heavy atom. The molecular formula is C15H14F4N2. The highest BCUT2D eigenvalue weighted by molar-refractivity contribution is 5.37. The van der Waals surface area contributed by atoms with Crippen LogP contribution in [0.3, 0.4) is 0 Å². The molecule has 0 aliphatic carbocycles. The van der Waals surface area contributed by atoms with Gasteiger partial charge in [0.25, 0.3) is 0 Å². The highest BCUT2D eigenvalue weighted by Gasteiger charge is 2.23. The smallest absolute Gasteiger partial charge is 0.164 e. The largest absolute Gasteiger partial charge is 0.271 e. The molecule has 2 nitrogen and oxygen atoms in total. The molecule has 0 fully saturated rings. The summed E-state index contributed by atoms with van der Waals surface area (Å²) in [5.41, 5.74) is 2.34. The molecule has 2 aromatic carbocycles. The van der Waals surface area contributed by atoms with Crippen LogP contribution < -0.4 is 11.3 Å². The summed E-state index contributed by atoms with van der Waals surface area (Å²) < 4.78 is 54.9. The molecule has 2 aromatic rings. The van der Waals surface area contributed by atoms with Crippen molar-refractivity contribution in [3.05, 3.63) is 69.8 Å². The molecule has 0 bridgehead atoms. The van der Waals surface area contributed by atoms with Crippen molar-refractivity contribution in [1.29, 1.82) is 0 Å². The Hall–Kier alpha value is -1.92. The Kier molecular flexibility index (Phi) is 4.29. The summed E-state index contributed by atoms with van der Waals surface area (Å²) in [5.74, 6) is 1.61. The zero-order valence-electron chi connectivity index (χ0n) is 11.5. The van der Waals surface area contributed by atoms with Crippen molar-refractivity contribution in [2.24, 2.45) is 5.84 Å². The fraction of sp³-hybridized carbons (Fsp3) is 0.200. The highest BCUT2D eigenvalue weighted by atomic mass is 19.2. The van der Waals surface area contributed by atoms with Crippen LogP contribution >= 0.6 is 0 Å². The van der Waals surface area contributed by atoms with Crippen LogP contribution in [0, 0.1) is 37.1 Å². The van der Waals surface area contributed by atoms with E-state index in [0.717, 1.165) is 0 Å². The first kappa shape index (κ1) is 15.5. The second kappa shape index (κ2) is 5.83. The van der Waals surface area contributed by atoms with Gasteiger partial charge in [0.05, 0.1) is 6.04 Å². The van der Waals surface area contributed by atoms with Crippen LogP contribution in [-0.4, -0.2) is 0 Å². The van der Waals surface area contributed by atoms with Gasteiger partial charge in [0, 0.05) is 17.2 Å². The number of hydrogen-bond donors (Lipinski definition) is 2. The van der Waals surface area contributed by atoms with Crippen LogP contribution in [0.4, 0.5) is 17.6 Å². The van der Waals surface area contributed by atoms with Gasteiger partial charge in [0.1, 0.15) is 11.6 Å². The third-order valence-corrected chi connectivity index (χ3v) is 3.37. The number of benzene rings is 2. The molecule has 0 radical (unpaired) electrons. The van der Waals surface area contributed by atoms with Crippen LogP contribution in [0.15, 0.2) is 24.3 Å². The number of nitrogens with two attached hydrogens (primary N) is 1. The molecule has 21 heavy (non-hydrogen) atoms. The minimum atomic E-state index is -1.13. The Bertz CT molecular complexity index is 684. The van der Waals surface area contributed by atoms with Crippen LogP contribution in [0.5, 0.6) is 0 Å². The zero-order chi connectivity index (χ0) is 15.7. The van der Waals surface area contributed by atoms with Crippen molar-refractivity contribution in [2.75, 3.05) is 0 Å². The van der Waals surface area contributed by atoms with Crippen molar-refractivity contribution in [3.63, 3.8) is 0 Å². The van der Waals surface area contributed by atoms with Crippen molar-refractivity contribution in [2.45, 2.75) is 19.9 Å². The van der Waals surface area contributed by atoms with Gasteiger partial charge in [0.15, 0.2) is 11.6 Å². The van der Waals surface area contributed by atoms with E-state index in [4.69, 9.17) is 5.84 Å². The molecule has 0 heterocycles. The van der Waals surface area contributed by atoms with Gasteiger partial charge in [-0.3, -0.25) is 5.84 Å². The summed E-state index contributed by atoms with van der Waals surface area (Å²) in [6.45, 7) is 2.85. The molecule has 2 rings (SSSR count). The minimum Gasteiger partial charge on any atom is -0.271 e. The topological polar surface area (TPSA) is 38.0 Å². The molecular weight excluding hydrogens is 284 g/mol. The standard InChI is InChI=1S/C15H14F4N2/c1-7-3-4-9(14(19)13(7)18)15(21-20)10-5-8(2)11(16)6-12(10)17/h3-6,15,21H,20H2,1-2H3. The summed E-state index contributed by atoms with van der Waals surface area (Å²) in [6, 6.07) is 3.46. The number of aryl methyl sites for hydroxylation is 2. The first-order valence-electron chi connectivity index (χ1n) is 6.23. The molecule has 0 saturated carbocycles. The zero-order valence-corrected chi connectivity index (χ0v) is 11.5. The fourth-order valence-corrected chi connectivity index (χ4v) is 2.13. The van der Waals surface area contributed by atoms with Gasteiger partial charge in [-0.2, -0.15) is 0 Å². The van der Waals surface area contributed by atoms with Gasteiger partial charge in [-0.1, -0.05) is 12.1 Å². The summed E-state index contributed by atoms with van der Waals surface area (Å²) in [5, 5.41) is 0. The van der Waals surface area contributed by atoms with Gasteiger partial charge >= 0.3 is 0 Å². The van der Waals surface area contributed by atoms with Crippen molar-refractivity contribution in [1.82, 2.24) is 5.43 Å². The van der Waals surface area contributed by atoms with Crippen molar-refractivity contribution < 1.29 is 17.6 Å². The quantitative estimate of drug-likeness (QED) is 0.518. The van der Waals surface area contributed by atoms with E-state index in [0.29, 0.717) is 6.07 Å². The fourth-order valence-electron chi connectivity index (χ4n) is 2.13. The summed E-state index contributed by atoms with van der Waals surface area (Å²) in [7, 11) is 0. The molecule has 112 valence electrons. The lowest BCUT2D eigenvalue weighted by atomic mass is 9.95. The molecule has 3 N–H and O–H groups in total. The monoisotopic (exact) mass is 298 g/mol. The molecule has 6 heteroatoms. The Balaban J connectivity index is 2.60.